The fraction of sp³-hybridized carbons (Fsp3) is 0.500. The largest absolute Gasteiger partial charge is 0.355 e. The van der Waals surface area contributed by atoms with Gasteiger partial charge in [0.1, 0.15) is 0 Å². The van der Waals surface area contributed by atoms with Gasteiger partial charge in [-0.15, -0.1) is 0 Å². The van der Waals surface area contributed by atoms with E-state index in [4.69, 9.17) is 11.6 Å². The summed E-state index contributed by atoms with van der Waals surface area (Å²) in [6.07, 6.45) is 0.880. The Kier molecular flexibility index (Phi) is 6.21. The van der Waals surface area contributed by atoms with E-state index in [2.05, 4.69) is 16.0 Å². The minimum absolute atomic E-state index is 0.0304. The standard InChI is InChI=1S/C16H22ClN3O2/c1-2-7-19-15(21)10-20-16(22)14-9-18-8-13(14)11-3-5-12(17)6-4-11/h3-6,13-14,18H,2,7-10H2,1H3,(H,19,21)(H,20,22)/t13-,14+/m0/s1. The molecule has 1 aromatic rings. The summed E-state index contributed by atoms with van der Waals surface area (Å²) in [5.41, 5.74) is 1.09. The minimum Gasteiger partial charge on any atom is -0.355 e. The number of rotatable bonds is 6. The lowest BCUT2D eigenvalue weighted by atomic mass is 9.88. The fourth-order valence-electron chi connectivity index (χ4n) is 2.64. The summed E-state index contributed by atoms with van der Waals surface area (Å²) >= 11 is 5.90. The van der Waals surface area contributed by atoms with Gasteiger partial charge < -0.3 is 16.0 Å². The van der Waals surface area contributed by atoms with Crippen molar-refractivity contribution in [3.05, 3.63) is 34.9 Å². The molecule has 0 aliphatic carbocycles. The Labute approximate surface area is 135 Å². The second-order valence-electron chi connectivity index (χ2n) is 5.49. The monoisotopic (exact) mass is 323 g/mol. The molecular formula is C16H22ClN3O2. The Morgan fingerprint density at radius 3 is 2.64 bits per heavy atom. The molecule has 1 aromatic carbocycles. The zero-order valence-corrected chi connectivity index (χ0v) is 13.5. The summed E-state index contributed by atoms with van der Waals surface area (Å²) in [4.78, 5) is 23.9. The molecule has 6 heteroatoms. The van der Waals surface area contributed by atoms with Crippen LogP contribution >= 0.6 is 11.6 Å². The number of carbonyl (C=O) groups is 2. The third kappa shape index (κ3) is 4.45. The molecule has 5 nitrogen and oxygen atoms in total. The van der Waals surface area contributed by atoms with Crippen molar-refractivity contribution in [3.63, 3.8) is 0 Å². The molecule has 0 unspecified atom stereocenters. The first-order valence-corrected chi connectivity index (χ1v) is 8.00. The Morgan fingerprint density at radius 2 is 1.95 bits per heavy atom. The van der Waals surface area contributed by atoms with Crippen LogP contribution in [0.5, 0.6) is 0 Å². The number of hydrogen-bond acceptors (Lipinski definition) is 3. The van der Waals surface area contributed by atoms with E-state index in [1.165, 1.54) is 0 Å². The molecule has 0 bridgehead atoms. The maximum Gasteiger partial charge on any atom is 0.239 e. The zero-order valence-electron chi connectivity index (χ0n) is 12.7. The van der Waals surface area contributed by atoms with E-state index >= 15 is 0 Å². The highest BCUT2D eigenvalue weighted by Crippen LogP contribution is 2.29. The highest BCUT2D eigenvalue weighted by Gasteiger charge is 2.33. The van der Waals surface area contributed by atoms with Crippen molar-refractivity contribution in [2.75, 3.05) is 26.2 Å². The zero-order chi connectivity index (χ0) is 15.9. The van der Waals surface area contributed by atoms with Gasteiger partial charge in [0, 0.05) is 30.6 Å². The molecule has 0 saturated carbocycles. The van der Waals surface area contributed by atoms with Gasteiger partial charge in [0.25, 0.3) is 0 Å². The molecule has 1 saturated heterocycles. The average Bonchev–Trinajstić information content (AvgIpc) is 3.01. The quantitative estimate of drug-likeness (QED) is 0.738. The second kappa shape index (κ2) is 8.15. The lowest BCUT2D eigenvalue weighted by Gasteiger charge is -2.18. The first-order chi connectivity index (χ1) is 10.6. The first-order valence-electron chi connectivity index (χ1n) is 7.62. The van der Waals surface area contributed by atoms with E-state index in [-0.39, 0.29) is 30.2 Å². The average molecular weight is 324 g/mol. The van der Waals surface area contributed by atoms with E-state index in [9.17, 15) is 9.59 Å². The summed E-state index contributed by atoms with van der Waals surface area (Å²) in [6.45, 7) is 4.02. The van der Waals surface area contributed by atoms with Crippen LogP contribution in [0.15, 0.2) is 24.3 Å². The summed E-state index contributed by atoms with van der Waals surface area (Å²) in [7, 11) is 0. The first kappa shape index (κ1) is 16.8. The highest BCUT2D eigenvalue weighted by atomic mass is 35.5. The number of amides is 2. The van der Waals surface area contributed by atoms with Crippen LogP contribution in [0, 0.1) is 5.92 Å². The molecule has 22 heavy (non-hydrogen) atoms. The Hall–Kier alpha value is -1.59. The lowest BCUT2D eigenvalue weighted by molar-refractivity contribution is -0.128. The van der Waals surface area contributed by atoms with Gasteiger partial charge in [0.05, 0.1) is 12.5 Å². The summed E-state index contributed by atoms with van der Waals surface area (Å²) in [5.74, 6) is -0.295. The summed E-state index contributed by atoms with van der Waals surface area (Å²) in [5, 5.41) is 9.40. The third-order valence-corrected chi connectivity index (χ3v) is 4.10. The van der Waals surface area contributed by atoms with Gasteiger partial charge >= 0.3 is 0 Å². The van der Waals surface area contributed by atoms with Gasteiger partial charge in [-0.2, -0.15) is 0 Å². The van der Waals surface area contributed by atoms with Crippen LogP contribution in [0.2, 0.25) is 5.02 Å². The second-order valence-corrected chi connectivity index (χ2v) is 5.93. The van der Waals surface area contributed by atoms with Crippen molar-refractivity contribution < 1.29 is 9.59 Å². The highest BCUT2D eigenvalue weighted by molar-refractivity contribution is 6.30. The molecule has 1 aliphatic heterocycles. The van der Waals surface area contributed by atoms with Gasteiger partial charge in [-0.05, 0) is 24.1 Å². The van der Waals surface area contributed by atoms with E-state index in [1.807, 2.05) is 31.2 Å². The van der Waals surface area contributed by atoms with Crippen LogP contribution in [0.1, 0.15) is 24.8 Å². The topological polar surface area (TPSA) is 70.2 Å². The maximum atomic E-state index is 12.3. The van der Waals surface area contributed by atoms with Crippen molar-refractivity contribution in [1.29, 1.82) is 0 Å². The van der Waals surface area contributed by atoms with Crippen LogP contribution < -0.4 is 16.0 Å². The molecular weight excluding hydrogens is 302 g/mol. The number of benzene rings is 1. The third-order valence-electron chi connectivity index (χ3n) is 3.84. The number of halogens is 1. The van der Waals surface area contributed by atoms with Gasteiger partial charge in [-0.3, -0.25) is 9.59 Å². The maximum absolute atomic E-state index is 12.3. The van der Waals surface area contributed by atoms with Crippen LogP contribution in [0.25, 0.3) is 0 Å². The molecule has 0 radical (unpaired) electrons. The van der Waals surface area contributed by atoms with Gasteiger partial charge in [-0.1, -0.05) is 30.7 Å². The lowest BCUT2D eigenvalue weighted by Crippen LogP contribution is -2.41. The molecule has 3 N–H and O–H groups in total. The molecule has 1 aliphatic rings. The van der Waals surface area contributed by atoms with E-state index in [0.29, 0.717) is 18.1 Å². The Bertz CT molecular complexity index is 519. The van der Waals surface area contributed by atoms with Crippen molar-refractivity contribution in [2.45, 2.75) is 19.3 Å². The molecule has 0 spiro atoms. The molecule has 1 fully saturated rings. The Morgan fingerprint density at radius 1 is 1.23 bits per heavy atom. The van der Waals surface area contributed by atoms with Crippen LogP contribution in [-0.2, 0) is 9.59 Å². The van der Waals surface area contributed by atoms with E-state index in [0.717, 1.165) is 18.5 Å². The number of hydrogen-bond donors (Lipinski definition) is 3. The predicted molar refractivity (Wildman–Crippen MR) is 86.9 cm³/mol. The van der Waals surface area contributed by atoms with Crippen LogP contribution in [-0.4, -0.2) is 38.0 Å². The van der Waals surface area contributed by atoms with Crippen molar-refractivity contribution in [3.8, 4) is 0 Å². The van der Waals surface area contributed by atoms with Gasteiger partial charge in [0.15, 0.2) is 0 Å². The van der Waals surface area contributed by atoms with Crippen LogP contribution in [0.4, 0.5) is 0 Å². The molecule has 120 valence electrons. The van der Waals surface area contributed by atoms with E-state index < -0.39 is 0 Å². The van der Waals surface area contributed by atoms with Crippen LogP contribution in [0.3, 0.4) is 0 Å². The molecule has 2 atom stereocenters. The molecule has 2 rings (SSSR count). The molecule has 2 amide bonds. The number of nitrogens with one attached hydrogen (secondary N) is 3. The smallest absolute Gasteiger partial charge is 0.239 e. The fourth-order valence-corrected chi connectivity index (χ4v) is 2.77. The molecule has 1 heterocycles. The van der Waals surface area contributed by atoms with Crippen molar-refractivity contribution in [1.82, 2.24) is 16.0 Å². The number of carbonyl (C=O) groups excluding carboxylic acids is 2. The minimum atomic E-state index is -0.167. The summed E-state index contributed by atoms with van der Waals surface area (Å²) in [6, 6.07) is 7.58. The van der Waals surface area contributed by atoms with Crippen molar-refractivity contribution in [2.24, 2.45) is 5.92 Å². The SMILES string of the molecule is CCCNC(=O)CNC(=O)[C@@H]1CNC[C@H]1c1ccc(Cl)cc1. The molecule has 0 aromatic heterocycles. The Balaban J connectivity index is 1.91. The van der Waals surface area contributed by atoms with Gasteiger partial charge in [-0.25, -0.2) is 0 Å². The van der Waals surface area contributed by atoms with E-state index in [1.54, 1.807) is 0 Å². The summed E-state index contributed by atoms with van der Waals surface area (Å²) < 4.78 is 0. The van der Waals surface area contributed by atoms with Crippen molar-refractivity contribution >= 4 is 23.4 Å². The normalized spacial score (nSPS) is 20.6. The van der Waals surface area contributed by atoms with Gasteiger partial charge in [0.2, 0.25) is 11.8 Å². The predicted octanol–water partition coefficient (Wildman–Crippen LogP) is 1.29.